The molecule has 2 aromatic rings. The lowest BCUT2D eigenvalue weighted by atomic mass is 9.91. The second-order valence-corrected chi connectivity index (χ2v) is 6.29. The minimum atomic E-state index is -0.739. The van der Waals surface area contributed by atoms with Gasteiger partial charge in [-0.3, -0.25) is 4.90 Å². The van der Waals surface area contributed by atoms with Crippen LogP contribution in [0.4, 0.5) is 0 Å². The number of rotatable bonds is 7. The van der Waals surface area contributed by atoms with E-state index in [0.29, 0.717) is 6.42 Å². The van der Waals surface area contributed by atoms with Crippen molar-refractivity contribution < 1.29 is 4.42 Å². The summed E-state index contributed by atoms with van der Waals surface area (Å²) in [6.45, 7) is 0.938. The van der Waals surface area contributed by atoms with Gasteiger partial charge in [-0.25, -0.2) is 0 Å². The standard InChI is InChI=1S/C20H22N2O/c1-22(15-18-11-12-18)20(16-21,19-10-6-14-23-19)13-5-9-17-7-3-2-4-8-17/h2-10,14,18H,11-13,15H2,1H3. The Morgan fingerprint density at radius 3 is 2.65 bits per heavy atom. The number of furan rings is 1. The third kappa shape index (κ3) is 3.55. The molecular formula is C20H22N2O. The number of benzene rings is 1. The van der Waals surface area contributed by atoms with Crippen LogP contribution in [-0.2, 0) is 5.54 Å². The van der Waals surface area contributed by atoms with E-state index in [1.807, 2.05) is 37.4 Å². The van der Waals surface area contributed by atoms with Crippen molar-refractivity contribution in [3.63, 3.8) is 0 Å². The van der Waals surface area contributed by atoms with E-state index in [4.69, 9.17) is 4.42 Å². The van der Waals surface area contributed by atoms with Crippen molar-refractivity contribution in [3.8, 4) is 6.07 Å². The molecule has 0 N–H and O–H groups in total. The zero-order valence-corrected chi connectivity index (χ0v) is 13.5. The van der Waals surface area contributed by atoms with Crippen molar-refractivity contribution in [3.05, 3.63) is 66.1 Å². The number of nitrogens with zero attached hydrogens (tertiary/aromatic N) is 2. The molecule has 1 saturated carbocycles. The summed E-state index contributed by atoms with van der Waals surface area (Å²) >= 11 is 0. The lowest BCUT2D eigenvalue weighted by Crippen LogP contribution is -2.43. The predicted octanol–water partition coefficient (Wildman–Crippen LogP) is 4.44. The quantitative estimate of drug-likeness (QED) is 0.759. The van der Waals surface area contributed by atoms with Crippen molar-refractivity contribution in [2.24, 2.45) is 5.92 Å². The summed E-state index contributed by atoms with van der Waals surface area (Å²) in [5.74, 6) is 1.45. The van der Waals surface area contributed by atoms with Crippen molar-refractivity contribution >= 4 is 6.08 Å². The van der Waals surface area contributed by atoms with Crippen LogP contribution in [-0.4, -0.2) is 18.5 Å². The molecule has 0 aliphatic heterocycles. The van der Waals surface area contributed by atoms with Crippen LogP contribution in [0.25, 0.3) is 6.08 Å². The largest absolute Gasteiger partial charge is 0.466 e. The maximum Gasteiger partial charge on any atom is 0.170 e. The first kappa shape index (κ1) is 15.6. The summed E-state index contributed by atoms with van der Waals surface area (Å²) in [4.78, 5) is 2.15. The molecule has 1 unspecified atom stereocenters. The van der Waals surface area contributed by atoms with Crippen LogP contribution < -0.4 is 0 Å². The van der Waals surface area contributed by atoms with Crippen molar-refractivity contribution in [1.29, 1.82) is 5.26 Å². The second kappa shape index (κ2) is 6.85. The smallest absolute Gasteiger partial charge is 0.170 e. The van der Waals surface area contributed by atoms with Crippen LogP contribution in [0.1, 0.15) is 30.6 Å². The zero-order valence-electron chi connectivity index (χ0n) is 13.5. The SMILES string of the molecule is CN(CC1CC1)C(C#N)(CC=Cc1ccccc1)c1ccco1. The Labute approximate surface area is 137 Å². The highest BCUT2D eigenvalue weighted by atomic mass is 16.3. The van der Waals surface area contributed by atoms with Crippen molar-refractivity contribution in [2.75, 3.05) is 13.6 Å². The van der Waals surface area contributed by atoms with Gasteiger partial charge in [0, 0.05) is 13.0 Å². The Morgan fingerprint density at radius 2 is 2.04 bits per heavy atom. The van der Waals surface area contributed by atoms with Crippen molar-refractivity contribution in [1.82, 2.24) is 4.90 Å². The van der Waals surface area contributed by atoms with E-state index < -0.39 is 5.54 Å². The Balaban J connectivity index is 1.82. The Morgan fingerprint density at radius 1 is 1.26 bits per heavy atom. The molecule has 0 spiro atoms. The maximum absolute atomic E-state index is 9.96. The molecule has 0 bridgehead atoms. The molecule has 3 heteroatoms. The predicted molar refractivity (Wildman–Crippen MR) is 91.4 cm³/mol. The van der Waals surface area contributed by atoms with E-state index in [1.54, 1.807) is 6.26 Å². The van der Waals surface area contributed by atoms with Gasteiger partial charge >= 0.3 is 0 Å². The molecule has 0 saturated heterocycles. The fraction of sp³-hybridized carbons (Fsp3) is 0.350. The van der Waals surface area contributed by atoms with Crippen LogP contribution in [0.2, 0.25) is 0 Å². The first-order valence-corrected chi connectivity index (χ1v) is 8.13. The van der Waals surface area contributed by atoms with E-state index in [2.05, 4.69) is 35.3 Å². The maximum atomic E-state index is 9.96. The summed E-state index contributed by atoms with van der Waals surface area (Å²) in [5, 5.41) is 9.96. The minimum absolute atomic E-state index is 0.606. The lowest BCUT2D eigenvalue weighted by molar-refractivity contribution is 0.143. The molecule has 1 aromatic carbocycles. The molecule has 1 aliphatic rings. The average molecular weight is 306 g/mol. The van der Waals surface area contributed by atoms with E-state index >= 15 is 0 Å². The van der Waals surface area contributed by atoms with Gasteiger partial charge in [0.15, 0.2) is 5.54 Å². The summed E-state index contributed by atoms with van der Waals surface area (Å²) < 4.78 is 5.62. The lowest BCUT2D eigenvalue weighted by Gasteiger charge is -2.33. The summed E-state index contributed by atoms with van der Waals surface area (Å²) in [5.41, 5.74) is 0.404. The molecule has 1 aliphatic carbocycles. The topological polar surface area (TPSA) is 40.2 Å². The van der Waals surface area contributed by atoms with E-state index in [-0.39, 0.29) is 0 Å². The molecule has 1 fully saturated rings. The fourth-order valence-corrected chi connectivity index (χ4v) is 2.92. The van der Waals surface area contributed by atoms with E-state index in [0.717, 1.165) is 23.8 Å². The van der Waals surface area contributed by atoms with Crippen molar-refractivity contribution in [2.45, 2.75) is 24.8 Å². The molecule has 1 heterocycles. The first-order chi connectivity index (χ1) is 11.2. The molecule has 118 valence electrons. The number of hydrogen-bond donors (Lipinski definition) is 0. The third-order valence-electron chi connectivity index (χ3n) is 4.52. The second-order valence-electron chi connectivity index (χ2n) is 6.29. The fourth-order valence-electron chi connectivity index (χ4n) is 2.92. The van der Waals surface area contributed by atoms with Gasteiger partial charge < -0.3 is 4.42 Å². The number of hydrogen-bond acceptors (Lipinski definition) is 3. The van der Waals surface area contributed by atoms with Gasteiger partial charge in [0.05, 0.1) is 12.3 Å². The summed E-state index contributed by atoms with van der Waals surface area (Å²) in [7, 11) is 2.03. The molecule has 3 nitrogen and oxygen atoms in total. The third-order valence-corrected chi connectivity index (χ3v) is 4.52. The van der Waals surface area contributed by atoms with Gasteiger partial charge in [-0.05, 0) is 43.5 Å². The minimum Gasteiger partial charge on any atom is -0.466 e. The average Bonchev–Trinajstić information content (AvgIpc) is 3.22. The van der Waals surface area contributed by atoms with Crippen LogP contribution >= 0.6 is 0 Å². The van der Waals surface area contributed by atoms with Crippen LogP contribution in [0.3, 0.4) is 0 Å². The van der Waals surface area contributed by atoms with Gasteiger partial charge in [0.1, 0.15) is 5.76 Å². The number of nitriles is 1. The highest BCUT2D eigenvalue weighted by Crippen LogP contribution is 2.37. The molecule has 1 atom stereocenters. The molecule has 3 rings (SSSR count). The zero-order chi connectivity index (χ0) is 16.1. The summed E-state index contributed by atoms with van der Waals surface area (Å²) in [6.07, 6.45) is 8.93. The van der Waals surface area contributed by atoms with Gasteiger partial charge in [-0.15, -0.1) is 0 Å². The molecule has 1 aromatic heterocycles. The van der Waals surface area contributed by atoms with E-state index in [1.165, 1.54) is 12.8 Å². The van der Waals surface area contributed by atoms with Gasteiger partial charge in [0.25, 0.3) is 0 Å². The first-order valence-electron chi connectivity index (χ1n) is 8.13. The Hall–Kier alpha value is -2.31. The highest BCUT2D eigenvalue weighted by Gasteiger charge is 2.40. The van der Waals surface area contributed by atoms with Crippen LogP contribution in [0.5, 0.6) is 0 Å². The normalized spacial score (nSPS) is 17.3. The van der Waals surface area contributed by atoms with Crippen LogP contribution in [0.15, 0.2) is 59.2 Å². The molecule has 0 radical (unpaired) electrons. The highest BCUT2D eigenvalue weighted by molar-refractivity contribution is 5.49. The Bertz CT molecular complexity index is 680. The van der Waals surface area contributed by atoms with Gasteiger partial charge in [-0.1, -0.05) is 42.5 Å². The van der Waals surface area contributed by atoms with Gasteiger partial charge in [-0.2, -0.15) is 5.26 Å². The van der Waals surface area contributed by atoms with Gasteiger partial charge in [0.2, 0.25) is 0 Å². The summed E-state index contributed by atoms with van der Waals surface area (Å²) in [6, 6.07) is 16.4. The molecule has 0 amide bonds. The van der Waals surface area contributed by atoms with E-state index in [9.17, 15) is 5.26 Å². The molecular weight excluding hydrogens is 284 g/mol. The monoisotopic (exact) mass is 306 g/mol. The molecule has 23 heavy (non-hydrogen) atoms. The van der Waals surface area contributed by atoms with Crippen LogP contribution in [0, 0.1) is 17.2 Å². The Kier molecular flexibility index (Phi) is 4.64.